The number of aromatic nitrogens is 4. The Bertz CT molecular complexity index is 692. The number of hydrogen-bond acceptors (Lipinski definition) is 7. The van der Waals surface area contributed by atoms with Crippen molar-refractivity contribution in [3.05, 3.63) is 36.5 Å². The maximum absolute atomic E-state index is 12.2. The van der Waals surface area contributed by atoms with E-state index in [-0.39, 0.29) is 11.9 Å². The molecule has 2 aromatic heterocycles. The highest BCUT2D eigenvalue weighted by Crippen LogP contribution is 2.18. The molecule has 126 valence electrons. The van der Waals surface area contributed by atoms with Gasteiger partial charge in [0.1, 0.15) is 11.5 Å². The summed E-state index contributed by atoms with van der Waals surface area (Å²) in [7, 11) is 3.90. The number of carbonyl (C=O) groups is 1. The Morgan fingerprint density at radius 3 is 2.92 bits per heavy atom. The lowest BCUT2D eigenvalue weighted by Crippen LogP contribution is -2.48. The van der Waals surface area contributed by atoms with Crippen LogP contribution >= 0.6 is 0 Å². The monoisotopic (exact) mass is 327 g/mol. The topological polar surface area (TPSA) is 87.1 Å². The number of hydrogen-bond donors (Lipinski definition) is 1. The van der Waals surface area contributed by atoms with Crippen molar-refractivity contribution in [2.24, 2.45) is 0 Å². The highest BCUT2D eigenvalue weighted by Gasteiger charge is 2.24. The van der Waals surface area contributed by atoms with Crippen LogP contribution in [0.2, 0.25) is 0 Å². The van der Waals surface area contributed by atoms with Gasteiger partial charge in [0.25, 0.3) is 5.91 Å². The predicted molar refractivity (Wildman–Crippen MR) is 91.1 cm³/mol. The molecule has 0 spiro atoms. The Morgan fingerprint density at radius 2 is 2.17 bits per heavy atom. The van der Waals surface area contributed by atoms with Gasteiger partial charge in [-0.3, -0.25) is 9.78 Å². The van der Waals surface area contributed by atoms with Gasteiger partial charge < -0.3 is 15.1 Å². The molecule has 3 rings (SSSR count). The summed E-state index contributed by atoms with van der Waals surface area (Å²) in [4.78, 5) is 33.2. The number of nitrogens with zero attached hydrogens (tertiary/aromatic N) is 6. The molecule has 0 aromatic carbocycles. The van der Waals surface area contributed by atoms with E-state index >= 15 is 0 Å². The van der Waals surface area contributed by atoms with Gasteiger partial charge in [-0.2, -0.15) is 4.98 Å². The molecule has 1 amide bonds. The Kier molecular flexibility index (Phi) is 4.83. The van der Waals surface area contributed by atoms with Crippen molar-refractivity contribution in [2.45, 2.75) is 18.9 Å². The maximum Gasteiger partial charge on any atom is 0.271 e. The van der Waals surface area contributed by atoms with E-state index in [1.54, 1.807) is 12.4 Å². The molecule has 1 aliphatic heterocycles. The Balaban J connectivity index is 1.66. The minimum absolute atomic E-state index is 0.0415. The third-order valence-corrected chi connectivity index (χ3v) is 3.92. The summed E-state index contributed by atoms with van der Waals surface area (Å²) in [5, 5.41) is 3.02. The van der Waals surface area contributed by atoms with Crippen LogP contribution in [0.4, 0.5) is 11.8 Å². The first kappa shape index (κ1) is 16.1. The zero-order valence-corrected chi connectivity index (χ0v) is 13.9. The highest BCUT2D eigenvalue weighted by molar-refractivity contribution is 5.92. The van der Waals surface area contributed by atoms with Gasteiger partial charge in [-0.1, -0.05) is 0 Å². The van der Waals surface area contributed by atoms with Crippen LogP contribution in [0.1, 0.15) is 23.3 Å². The standard InChI is InChI=1S/C16H21N7O/c1-22(2)14-5-6-19-16(21-14)23-9-3-4-12(11-23)20-15(24)13-10-17-7-8-18-13/h5-8,10,12H,3-4,9,11H2,1-2H3,(H,20,24). The summed E-state index contributed by atoms with van der Waals surface area (Å²) in [5.41, 5.74) is 0.334. The van der Waals surface area contributed by atoms with Crippen LogP contribution in [0.5, 0.6) is 0 Å². The van der Waals surface area contributed by atoms with Crippen molar-refractivity contribution in [2.75, 3.05) is 37.0 Å². The second kappa shape index (κ2) is 7.20. The van der Waals surface area contributed by atoms with Crippen molar-refractivity contribution < 1.29 is 4.79 Å². The number of carbonyl (C=O) groups excluding carboxylic acids is 1. The Hall–Kier alpha value is -2.77. The minimum Gasteiger partial charge on any atom is -0.363 e. The molecule has 3 heterocycles. The van der Waals surface area contributed by atoms with Gasteiger partial charge in [-0.25, -0.2) is 9.97 Å². The van der Waals surface area contributed by atoms with Crippen LogP contribution in [0.25, 0.3) is 0 Å². The molecule has 8 heteroatoms. The first-order valence-corrected chi connectivity index (χ1v) is 7.95. The average Bonchev–Trinajstić information content (AvgIpc) is 2.63. The predicted octanol–water partition coefficient (Wildman–Crippen LogP) is 0.731. The number of nitrogens with one attached hydrogen (secondary N) is 1. The van der Waals surface area contributed by atoms with Gasteiger partial charge in [0, 0.05) is 51.8 Å². The number of anilines is 2. The second-order valence-corrected chi connectivity index (χ2v) is 5.96. The molecule has 0 bridgehead atoms. The van der Waals surface area contributed by atoms with E-state index < -0.39 is 0 Å². The molecule has 0 saturated carbocycles. The first-order chi connectivity index (χ1) is 11.6. The van der Waals surface area contributed by atoms with Crippen LogP contribution in [0.15, 0.2) is 30.9 Å². The third kappa shape index (κ3) is 3.76. The molecule has 2 aromatic rings. The molecule has 1 aliphatic rings. The summed E-state index contributed by atoms with van der Waals surface area (Å²) in [6.07, 6.45) is 8.20. The van der Waals surface area contributed by atoms with Gasteiger partial charge in [-0.15, -0.1) is 0 Å². The Morgan fingerprint density at radius 1 is 1.29 bits per heavy atom. The van der Waals surface area contributed by atoms with Crippen LogP contribution in [0, 0.1) is 0 Å². The minimum atomic E-state index is -0.196. The van der Waals surface area contributed by atoms with Gasteiger partial charge in [0.2, 0.25) is 5.95 Å². The molecule has 0 aliphatic carbocycles. The average molecular weight is 327 g/mol. The maximum atomic E-state index is 12.2. The van der Waals surface area contributed by atoms with Crippen LogP contribution in [-0.4, -0.2) is 59.1 Å². The van der Waals surface area contributed by atoms with Gasteiger partial charge in [-0.05, 0) is 18.9 Å². The van der Waals surface area contributed by atoms with E-state index in [1.807, 2.05) is 25.1 Å². The molecule has 1 unspecified atom stereocenters. The van der Waals surface area contributed by atoms with E-state index in [4.69, 9.17) is 0 Å². The van der Waals surface area contributed by atoms with Crippen LogP contribution in [0.3, 0.4) is 0 Å². The molecular weight excluding hydrogens is 306 g/mol. The summed E-state index contributed by atoms with van der Waals surface area (Å²) >= 11 is 0. The van der Waals surface area contributed by atoms with Crippen molar-refractivity contribution in [1.29, 1.82) is 0 Å². The molecular formula is C16H21N7O. The van der Waals surface area contributed by atoms with Crippen molar-refractivity contribution >= 4 is 17.7 Å². The Labute approximate surface area is 141 Å². The lowest BCUT2D eigenvalue weighted by Gasteiger charge is -2.33. The zero-order chi connectivity index (χ0) is 16.9. The molecule has 1 fully saturated rings. The van der Waals surface area contributed by atoms with E-state index in [9.17, 15) is 4.79 Å². The molecule has 1 N–H and O–H groups in total. The number of piperidine rings is 1. The molecule has 1 atom stereocenters. The largest absolute Gasteiger partial charge is 0.363 e. The highest BCUT2D eigenvalue weighted by atomic mass is 16.2. The molecule has 1 saturated heterocycles. The van der Waals surface area contributed by atoms with Gasteiger partial charge in [0.05, 0.1) is 6.20 Å². The van der Waals surface area contributed by atoms with Crippen LogP contribution in [-0.2, 0) is 0 Å². The second-order valence-electron chi connectivity index (χ2n) is 5.96. The lowest BCUT2D eigenvalue weighted by molar-refractivity contribution is 0.0927. The smallest absolute Gasteiger partial charge is 0.271 e. The summed E-state index contributed by atoms with van der Waals surface area (Å²) in [6, 6.07) is 1.92. The van der Waals surface area contributed by atoms with Crippen LogP contribution < -0.4 is 15.1 Å². The van der Waals surface area contributed by atoms with E-state index in [1.165, 1.54) is 12.4 Å². The third-order valence-electron chi connectivity index (χ3n) is 3.92. The summed E-state index contributed by atoms with van der Waals surface area (Å²) < 4.78 is 0. The van der Waals surface area contributed by atoms with Gasteiger partial charge >= 0.3 is 0 Å². The SMILES string of the molecule is CN(C)c1ccnc(N2CCCC(NC(=O)c3cnccn3)C2)n1. The summed E-state index contributed by atoms with van der Waals surface area (Å²) in [5.74, 6) is 1.36. The number of amides is 1. The zero-order valence-electron chi connectivity index (χ0n) is 13.9. The first-order valence-electron chi connectivity index (χ1n) is 7.95. The van der Waals surface area contributed by atoms with Crippen molar-refractivity contribution in [3.8, 4) is 0 Å². The number of rotatable bonds is 4. The lowest BCUT2D eigenvalue weighted by atomic mass is 10.1. The van der Waals surface area contributed by atoms with E-state index in [0.29, 0.717) is 18.2 Å². The molecule has 0 radical (unpaired) electrons. The van der Waals surface area contributed by atoms with E-state index in [0.717, 1.165) is 25.2 Å². The molecule has 8 nitrogen and oxygen atoms in total. The normalized spacial score (nSPS) is 17.4. The summed E-state index contributed by atoms with van der Waals surface area (Å²) in [6.45, 7) is 1.57. The fourth-order valence-electron chi connectivity index (χ4n) is 2.69. The van der Waals surface area contributed by atoms with E-state index in [2.05, 4.69) is 30.2 Å². The quantitative estimate of drug-likeness (QED) is 0.886. The fraction of sp³-hybridized carbons (Fsp3) is 0.438. The van der Waals surface area contributed by atoms with Gasteiger partial charge in [0.15, 0.2) is 0 Å². The molecule has 24 heavy (non-hydrogen) atoms. The van der Waals surface area contributed by atoms with Crippen molar-refractivity contribution in [3.63, 3.8) is 0 Å². The van der Waals surface area contributed by atoms with Crippen molar-refractivity contribution in [1.82, 2.24) is 25.3 Å². The fourth-order valence-corrected chi connectivity index (χ4v) is 2.69.